The number of ether oxygens (including phenoxy) is 1. The van der Waals surface area contributed by atoms with Crippen molar-refractivity contribution in [3.63, 3.8) is 0 Å². The van der Waals surface area contributed by atoms with E-state index < -0.39 is 10.0 Å². The van der Waals surface area contributed by atoms with E-state index in [1.807, 2.05) is 6.92 Å². The summed E-state index contributed by atoms with van der Waals surface area (Å²) < 4.78 is 32.3. The number of nitrogens with one attached hydrogen (secondary N) is 1. The standard InChI is InChI=1S/C18H27N3O5S2/c1-2-16(22)20-7-3-4-14(13-20)18(23)19-12-15-5-6-17(27-15)28(24,25)21-8-10-26-11-9-21/h5-6,14H,2-4,7-13H2,1H3,(H,19,23). The second kappa shape index (κ2) is 9.34. The van der Waals surface area contributed by atoms with Crippen LogP contribution in [0.3, 0.4) is 0 Å². The molecule has 156 valence electrons. The zero-order chi connectivity index (χ0) is 20.1. The molecule has 2 aliphatic rings. The first-order chi connectivity index (χ1) is 13.4. The van der Waals surface area contributed by atoms with Gasteiger partial charge in [-0.1, -0.05) is 6.92 Å². The number of morpholine rings is 1. The molecule has 1 N–H and O–H groups in total. The van der Waals surface area contributed by atoms with Crippen LogP contribution >= 0.6 is 11.3 Å². The minimum atomic E-state index is -3.50. The quantitative estimate of drug-likeness (QED) is 0.729. The number of carbonyl (C=O) groups excluding carboxylic acids is 2. The molecule has 0 aliphatic carbocycles. The minimum absolute atomic E-state index is 0.0775. The van der Waals surface area contributed by atoms with Gasteiger partial charge in [-0.05, 0) is 25.0 Å². The normalized spacial score (nSPS) is 21.5. The van der Waals surface area contributed by atoms with Gasteiger partial charge in [0.2, 0.25) is 11.8 Å². The van der Waals surface area contributed by atoms with Gasteiger partial charge in [-0.3, -0.25) is 9.59 Å². The highest BCUT2D eigenvalue weighted by Crippen LogP contribution is 2.26. The van der Waals surface area contributed by atoms with Crippen molar-refractivity contribution < 1.29 is 22.7 Å². The number of amides is 2. The molecule has 2 amide bonds. The number of sulfonamides is 1. The molecule has 1 aromatic heterocycles. The molecule has 2 aliphatic heterocycles. The van der Waals surface area contributed by atoms with E-state index in [0.29, 0.717) is 52.4 Å². The first-order valence-corrected chi connectivity index (χ1v) is 11.9. The lowest BCUT2D eigenvalue weighted by molar-refractivity contribution is -0.135. The van der Waals surface area contributed by atoms with Crippen LogP contribution in [0.1, 0.15) is 31.1 Å². The summed E-state index contributed by atoms with van der Waals surface area (Å²) in [5.74, 6) is -0.214. The van der Waals surface area contributed by atoms with Crippen molar-refractivity contribution in [1.82, 2.24) is 14.5 Å². The van der Waals surface area contributed by atoms with Gasteiger partial charge in [0, 0.05) is 37.5 Å². The number of rotatable bonds is 6. The van der Waals surface area contributed by atoms with Crippen LogP contribution in [0.4, 0.5) is 0 Å². The highest BCUT2D eigenvalue weighted by atomic mass is 32.2. The third kappa shape index (κ3) is 4.91. The van der Waals surface area contributed by atoms with Crippen molar-refractivity contribution in [2.75, 3.05) is 39.4 Å². The Bertz CT molecular complexity index is 802. The van der Waals surface area contributed by atoms with Gasteiger partial charge in [-0.15, -0.1) is 11.3 Å². The van der Waals surface area contributed by atoms with Gasteiger partial charge >= 0.3 is 0 Å². The Morgan fingerprint density at radius 3 is 2.71 bits per heavy atom. The van der Waals surface area contributed by atoms with Crippen molar-refractivity contribution >= 4 is 33.2 Å². The van der Waals surface area contributed by atoms with Crippen LogP contribution in [0.25, 0.3) is 0 Å². The predicted octanol–water partition coefficient (Wildman–Crippen LogP) is 1.03. The average Bonchev–Trinajstić information content (AvgIpc) is 3.22. The molecule has 3 rings (SSSR count). The number of carbonyl (C=O) groups is 2. The fourth-order valence-electron chi connectivity index (χ4n) is 3.47. The SMILES string of the molecule is CCC(=O)N1CCCC(C(=O)NCc2ccc(S(=O)(=O)N3CCOCC3)s2)C1. The van der Waals surface area contributed by atoms with Gasteiger partial charge in [0.25, 0.3) is 10.0 Å². The summed E-state index contributed by atoms with van der Waals surface area (Å²) in [5, 5.41) is 2.90. The summed E-state index contributed by atoms with van der Waals surface area (Å²) in [6.07, 6.45) is 2.04. The molecule has 3 heterocycles. The third-order valence-electron chi connectivity index (χ3n) is 5.09. The summed E-state index contributed by atoms with van der Waals surface area (Å²) in [6.45, 7) is 4.83. The van der Waals surface area contributed by atoms with E-state index in [1.54, 1.807) is 17.0 Å². The fraction of sp³-hybridized carbons (Fsp3) is 0.667. The molecular weight excluding hydrogens is 402 g/mol. The maximum Gasteiger partial charge on any atom is 0.252 e. The third-order valence-corrected chi connectivity index (χ3v) is 8.54. The molecule has 10 heteroatoms. The molecule has 0 saturated carbocycles. The van der Waals surface area contributed by atoms with E-state index in [9.17, 15) is 18.0 Å². The van der Waals surface area contributed by atoms with Crippen LogP contribution in [0.5, 0.6) is 0 Å². The zero-order valence-corrected chi connectivity index (χ0v) is 17.7. The number of hydrogen-bond acceptors (Lipinski definition) is 6. The molecule has 1 unspecified atom stereocenters. The van der Waals surface area contributed by atoms with Crippen LogP contribution in [0.15, 0.2) is 16.3 Å². The molecule has 0 bridgehead atoms. The molecular formula is C18H27N3O5S2. The Morgan fingerprint density at radius 2 is 2.00 bits per heavy atom. The molecule has 8 nitrogen and oxygen atoms in total. The Hall–Kier alpha value is -1.49. The maximum atomic E-state index is 12.7. The molecule has 0 radical (unpaired) electrons. The number of likely N-dealkylation sites (tertiary alicyclic amines) is 1. The topological polar surface area (TPSA) is 96.0 Å². The van der Waals surface area contributed by atoms with Crippen LogP contribution in [-0.2, 0) is 30.9 Å². The van der Waals surface area contributed by atoms with Gasteiger partial charge in [-0.2, -0.15) is 4.31 Å². The molecule has 0 aromatic carbocycles. The van der Waals surface area contributed by atoms with Crippen LogP contribution in [-0.4, -0.2) is 68.8 Å². The van der Waals surface area contributed by atoms with E-state index in [2.05, 4.69) is 5.32 Å². The van der Waals surface area contributed by atoms with E-state index in [-0.39, 0.29) is 21.9 Å². The molecule has 0 spiro atoms. The van der Waals surface area contributed by atoms with Gasteiger partial charge in [0.15, 0.2) is 0 Å². The van der Waals surface area contributed by atoms with Gasteiger partial charge < -0.3 is 15.0 Å². The first-order valence-electron chi connectivity index (χ1n) is 9.64. The Kier molecular flexibility index (Phi) is 7.08. The number of thiophene rings is 1. The first kappa shape index (κ1) is 21.2. The lowest BCUT2D eigenvalue weighted by Crippen LogP contribution is -2.45. The molecule has 28 heavy (non-hydrogen) atoms. The van der Waals surface area contributed by atoms with Crippen molar-refractivity contribution in [1.29, 1.82) is 0 Å². The van der Waals surface area contributed by atoms with Gasteiger partial charge in [0.05, 0.1) is 25.7 Å². The molecule has 2 fully saturated rings. The van der Waals surface area contributed by atoms with Gasteiger partial charge in [-0.25, -0.2) is 8.42 Å². The number of hydrogen-bond donors (Lipinski definition) is 1. The second-order valence-corrected chi connectivity index (χ2v) is 10.3. The van der Waals surface area contributed by atoms with Gasteiger partial charge in [0.1, 0.15) is 4.21 Å². The van der Waals surface area contributed by atoms with E-state index in [1.165, 1.54) is 15.6 Å². The van der Waals surface area contributed by atoms with Crippen molar-refractivity contribution in [2.45, 2.75) is 36.9 Å². The monoisotopic (exact) mass is 429 g/mol. The highest BCUT2D eigenvalue weighted by molar-refractivity contribution is 7.91. The Balaban J connectivity index is 1.55. The van der Waals surface area contributed by atoms with Crippen molar-refractivity contribution in [2.24, 2.45) is 5.92 Å². The van der Waals surface area contributed by atoms with Crippen LogP contribution in [0, 0.1) is 5.92 Å². The summed E-state index contributed by atoms with van der Waals surface area (Å²) in [6, 6.07) is 3.34. The lowest BCUT2D eigenvalue weighted by Gasteiger charge is -2.31. The minimum Gasteiger partial charge on any atom is -0.379 e. The van der Waals surface area contributed by atoms with Crippen molar-refractivity contribution in [3.8, 4) is 0 Å². The summed E-state index contributed by atoms with van der Waals surface area (Å²) in [7, 11) is -3.50. The largest absolute Gasteiger partial charge is 0.379 e. The maximum absolute atomic E-state index is 12.7. The Labute approximate surface area is 169 Å². The molecule has 2 saturated heterocycles. The molecule has 1 aromatic rings. The second-order valence-electron chi connectivity index (χ2n) is 6.99. The van der Waals surface area contributed by atoms with E-state index >= 15 is 0 Å². The fourth-order valence-corrected chi connectivity index (χ4v) is 6.32. The zero-order valence-electron chi connectivity index (χ0n) is 16.1. The summed E-state index contributed by atoms with van der Waals surface area (Å²) >= 11 is 1.18. The molecule has 1 atom stereocenters. The highest BCUT2D eigenvalue weighted by Gasteiger charge is 2.29. The van der Waals surface area contributed by atoms with Crippen LogP contribution < -0.4 is 5.32 Å². The van der Waals surface area contributed by atoms with Crippen molar-refractivity contribution in [3.05, 3.63) is 17.0 Å². The lowest BCUT2D eigenvalue weighted by atomic mass is 9.97. The Morgan fingerprint density at radius 1 is 1.25 bits per heavy atom. The number of piperidine rings is 1. The summed E-state index contributed by atoms with van der Waals surface area (Å²) in [4.78, 5) is 26.9. The average molecular weight is 430 g/mol. The van der Waals surface area contributed by atoms with Crippen LogP contribution in [0.2, 0.25) is 0 Å². The number of nitrogens with zero attached hydrogens (tertiary/aromatic N) is 2. The van der Waals surface area contributed by atoms with E-state index in [4.69, 9.17) is 4.74 Å². The van der Waals surface area contributed by atoms with E-state index in [0.717, 1.165) is 17.7 Å². The summed E-state index contributed by atoms with van der Waals surface area (Å²) in [5.41, 5.74) is 0. The smallest absolute Gasteiger partial charge is 0.252 e. The predicted molar refractivity (Wildman–Crippen MR) is 105 cm³/mol.